The summed E-state index contributed by atoms with van der Waals surface area (Å²) >= 11 is 0. The predicted molar refractivity (Wildman–Crippen MR) is 61.5 cm³/mol. The van der Waals surface area contributed by atoms with Gasteiger partial charge >= 0.3 is 5.97 Å². The maximum Gasteiger partial charge on any atom is 0.348 e. The fourth-order valence-corrected chi connectivity index (χ4v) is 1.27. The fraction of sp³-hybridized carbons (Fsp3) is 0.231. The van der Waals surface area contributed by atoms with E-state index < -0.39 is 5.97 Å². The second-order valence-corrected chi connectivity index (χ2v) is 3.51. The Morgan fingerprint density at radius 1 is 1.38 bits per heavy atom. The van der Waals surface area contributed by atoms with E-state index in [4.69, 9.17) is 5.26 Å². The van der Waals surface area contributed by atoms with E-state index >= 15 is 0 Å². The van der Waals surface area contributed by atoms with Crippen molar-refractivity contribution in [3.8, 4) is 6.07 Å². The number of carbonyl (C=O) groups excluding carboxylic acids is 1. The minimum absolute atomic E-state index is 0.00533. The molecule has 0 unspecified atom stereocenters. The second kappa shape index (κ2) is 5.13. The van der Waals surface area contributed by atoms with E-state index in [-0.39, 0.29) is 5.57 Å². The second-order valence-electron chi connectivity index (χ2n) is 3.51. The van der Waals surface area contributed by atoms with Gasteiger partial charge in [-0.1, -0.05) is 18.2 Å². The Morgan fingerprint density at radius 3 is 2.56 bits per heavy atom. The zero-order chi connectivity index (χ0) is 12.1. The molecule has 0 N–H and O–H groups in total. The van der Waals surface area contributed by atoms with Crippen LogP contribution in [0.5, 0.6) is 0 Å². The Hall–Kier alpha value is -2.08. The summed E-state index contributed by atoms with van der Waals surface area (Å²) in [5.74, 6) is -0.610. The Kier molecular flexibility index (Phi) is 3.84. The Balaban J connectivity index is 3.10. The lowest BCUT2D eigenvalue weighted by molar-refractivity contribution is -0.135. The molecule has 0 aliphatic heterocycles. The molecule has 0 spiro atoms. The molecule has 0 atom stereocenters. The van der Waals surface area contributed by atoms with E-state index in [9.17, 15) is 4.79 Å². The fourth-order valence-electron chi connectivity index (χ4n) is 1.27. The highest BCUT2D eigenvalue weighted by molar-refractivity contribution is 5.97. The first-order valence-electron chi connectivity index (χ1n) is 4.86. The molecule has 0 bridgehead atoms. The van der Waals surface area contributed by atoms with E-state index in [1.807, 2.05) is 38.1 Å². The van der Waals surface area contributed by atoms with Crippen LogP contribution in [0, 0.1) is 25.2 Å². The summed E-state index contributed by atoms with van der Waals surface area (Å²) in [7, 11) is 1.26. The van der Waals surface area contributed by atoms with Crippen LogP contribution in [-0.4, -0.2) is 13.1 Å². The first-order chi connectivity index (χ1) is 7.58. The molecule has 0 saturated heterocycles. The summed E-state index contributed by atoms with van der Waals surface area (Å²) in [6.07, 6.45) is 1.53. The number of rotatable bonds is 2. The van der Waals surface area contributed by atoms with Crippen molar-refractivity contribution in [3.05, 3.63) is 40.5 Å². The number of hydrogen-bond donors (Lipinski definition) is 0. The van der Waals surface area contributed by atoms with Crippen LogP contribution in [0.25, 0.3) is 6.08 Å². The van der Waals surface area contributed by atoms with Gasteiger partial charge in [0, 0.05) is 0 Å². The standard InChI is InChI=1S/C13H13NO2/c1-9-4-5-11(6-10(9)2)7-12(8-14)13(15)16-3/h4-7H,1-3H3/b12-7-. The molecule has 3 nitrogen and oxygen atoms in total. The van der Waals surface area contributed by atoms with Crippen LogP contribution < -0.4 is 0 Å². The number of aryl methyl sites for hydroxylation is 2. The third-order valence-electron chi connectivity index (χ3n) is 2.37. The van der Waals surface area contributed by atoms with Gasteiger partial charge in [0.25, 0.3) is 0 Å². The highest BCUT2D eigenvalue weighted by Crippen LogP contribution is 2.13. The molecule has 0 aromatic heterocycles. The smallest absolute Gasteiger partial charge is 0.348 e. The van der Waals surface area contributed by atoms with Crippen LogP contribution in [0.1, 0.15) is 16.7 Å². The maximum absolute atomic E-state index is 11.2. The van der Waals surface area contributed by atoms with Gasteiger partial charge in [-0.2, -0.15) is 5.26 Å². The number of methoxy groups -OCH3 is 1. The van der Waals surface area contributed by atoms with E-state index in [0.29, 0.717) is 0 Å². The molecule has 0 aliphatic rings. The number of benzene rings is 1. The van der Waals surface area contributed by atoms with Gasteiger partial charge < -0.3 is 4.74 Å². The molecule has 0 saturated carbocycles. The maximum atomic E-state index is 11.2. The molecule has 1 rings (SSSR count). The Bertz CT molecular complexity index is 481. The predicted octanol–water partition coefficient (Wildman–Crippen LogP) is 2.38. The highest BCUT2D eigenvalue weighted by Gasteiger charge is 2.08. The summed E-state index contributed by atoms with van der Waals surface area (Å²) in [6, 6.07) is 7.56. The van der Waals surface area contributed by atoms with Gasteiger partial charge in [0.1, 0.15) is 11.6 Å². The summed E-state index contributed by atoms with van der Waals surface area (Å²) in [6.45, 7) is 3.99. The summed E-state index contributed by atoms with van der Waals surface area (Å²) < 4.78 is 4.50. The van der Waals surface area contributed by atoms with Crippen molar-refractivity contribution < 1.29 is 9.53 Å². The normalized spacial score (nSPS) is 10.8. The SMILES string of the molecule is COC(=O)/C(C#N)=C\c1ccc(C)c(C)c1. The minimum Gasteiger partial charge on any atom is -0.465 e. The summed E-state index contributed by atoms with van der Waals surface area (Å²) in [5.41, 5.74) is 3.13. The van der Waals surface area contributed by atoms with Crippen molar-refractivity contribution in [2.45, 2.75) is 13.8 Å². The van der Waals surface area contributed by atoms with Crippen LogP contribution in [0.3, 0.4) is 0 Å². The van der Waals surface area contributed by atoms with Crippen molar-refractivity contribution in [2.24, 2.45) is 0 Å². The van der Waals surface area contributed by atoms with Crippen molar-refractivity contribution in [1.82, 2.24) is 0 Å². The largest absolute Gasteiger partial charge is 0.465 e. The van der Waals surface area contributed by atoms with E-state index in [2.05, 4.69) is 4.74 Å². The van der Waals surface area contributed by atoms with Gasteiger partial charge in [-0.15, -0.1) is 0 Å². The lowest BCUT2D eigenvalue weighted by Gasteiger charge is -2.01. The highest BCUT2D eigenvalue weighted by atomic mass is 16.5. The van der Waals surface area contributed by atoms with E-state index in [1.165, 1.54) is 18.7 Å². The van der Waals surface area contributed by atoms with Crippen LogP contribution >= 0.6 is 0 Å². The molecule has 1 aromatic carbocycles. The zero-order valence-electron chi connectivity index (χ0n) is 9.57. The lowest BCUT2D eigenvalue weighted by Crippen LogP contribution is -2.02. The average Bonchev–Trinajstić information content (AvgIpc) is 2.29. The Morgan fingerprint density at radius 2 is 2.06 bits per heavy atom. The molecule has 82 valence electrons. The summed E-state index contributed by atoms with van der Waals surface area (Å²) in [4.78, 5) is 11.2. The number of hydrogen-bond acceptors (Lipinski definition) is 3. The lowest BCUT2D eigenvalue weighted by atomic mass is 10.0. The first kappa shape index (κ1) is 12.0. The van der Waals surface area contributed by atoms with Gasteiger partial charge in [-0.05, 0) is 36.6 Å². The van der Waals surface area contributed by atoms with Crippen LogP contribution in [0.4, 0.5) is 0 Å². The molecule has 0 heterocycles. The van der Waals surface area contributed by atoms with E-state index in [1.54, 1.807) is 0 Å². The Labute approximate surface area is 95.0 Å². The van der Waals surface area contributed by atoms with Gasteiger partial charge in [0.05, 0.1) is 7.11 Å². The molecule has 0 radical (unpaired) electrons. The molecule has 3 heteroatoms. The molecular weight excluding hydrogens is 202 g/mol. The molecule has 16 heavy (non-hydrogen) atoms. The minimum atomic E-state index is -0.610. The molecule has 0 aliphatic carbocycles. The third kappa shape index (κ3) is 2.71. The van der Waals surface area contributed by atoms with Crippen molar-refractivity contribution in [1.29, 1.82) is 5.26 Å². The summed E-state index contributed by atoms with van der Waals surface area (Å²) in [5, 5.41) is 8.79. The monoisotopic (exact) mass is 215 g/mol. The molecule has 1 aromatic rings. The first-order valence-corrected chi connectivity index (χ1v) is 4.86. The topological polar surface area (TPSA) is 50.1 Å². The van der Waals surface area contributed by atoms with Crippen molar-refractivity contribution >= 4 is 12.0 Å². The van der Waals surface area contributed by atoms with Gasteiger partial charge in [0.15, 0.2) is 0 Å². The van der Waals surface area contributed by atoms with Crippen molar-refractivity contribution in [3.63, 3.8) is 0 Å². The molecule has 0 fully saturated rings. The quantitative estimate of drug-likeness (QED) is 0.432. The van der Waals surface area contributed by atoms with Gasteiger partial charge in [-0.3, -0.25) is 0 Å². The van der Waals surface area contributed by atoms with Crippen LogP contribution in [0.15, 0.2) is 23.8 Å². The zero-order valence-corrected chi connectivity index (χ0v) is 9.57. The average molecular weight is 215 g/mol. The van der Waals surface area contributed by atoms with Gasteiger partial charge in [-0.25, -0.2) is 4.79 Å². The number of ether oxygens (including phenoxy) is 1. The number of nitriles is 1. The number of nitrogens with zero attached hydrogens (tertiary/aromatic N) is 1. The van der Waals surface area contributed by atoms with Crippen molar-refractivity contribution in [2.75, 3.05) is 7.11 Å². The molecule has 0 amide bonds. The number of carbonyl (C=O) groups is 1. The number of esters is 1. The van der Waals surface area contributed by atoms with E-state index in [0.717, 1.165) is 11.1 Å². The molecular formula is C13H13NO2. The van der Waals surface area contributed by atoms with Crippen LogP contribution in [-0.2, 0) is 9.53 Å². The van der Waals surface area contributed by atoms with Gasteiger partial charge in [0.2, 0.25) is 0 Å². The third-order valence-corrected chi connectivity index (χ3v) is 2.37. The van der Waals surface area contributed by atoms with Crippen LogP contribution in [0.2, 0.25) is 0 Å².